The molecule has 0 aliphatic carbocycles. The Balaban J connectivity index is 1.29. The van der Waals surface area contributed by atoms with Gasteiger partial charge in [-0.25, -0.2) is 8.78 Å². The number of rotatable bonds is 5. The summed E-state index contributed by atoms with van der Waals surface area (Å²) in [6, 6.07) is 11.5. The predicted molar refractivity (Wildman–Crippen MR) is 127 cm³/mol. The van der Waals surface area contributed by atoms with Crippen molar-refractivity contribution in [1.82, 2.24) is 19.6 Å². The van der Waals surface area contributed by atoms with E-state index in [0.29, 0.717) is 65.8 Å². The predicted octanol–water partition coefficient (Wildman–Crippen LogP) is 5.03. The summed E-state index contributed by atoms with van der Waals surface area (Å²) >= 11 is 18.0. The number of nitrogens with one attached hydrogen (secondary N) is 1. The maximum Gasteiger partial charge on any atom is 0.174 e. The molecule has 1 aliphatic heterocycles. The van der Waals surface area contributed by atoms with Crippen LogP contribution < -0.4 is 5.32 Å². The number of anilines is 1. The van der Waals surface area contributed by atoms with Gasteiger partial charge in [-0.2, -0.15) is 5.10 Å². The standard InChI is InChI=1S/C22H21Cl2F2N5S/c23-17-4-2-5-18(24)16(17)14-31-8-7-20(28-31)27-22(32)30-11-9-29(10-12-30)13-15-3-1-6-19(25)21(15)26/h1-8H,9-14H2,(H,27,28,32). The van der Waals surface area contributed by atoms with Gasteiger partial charge in [0.05, 0.1) is 6.54 Å². The molecular weight excluding hydrogens is 475 g/mol. The fourth-order valence-electron chi connectivity index (χ4n) is 3.57. The fourth-order valence-corrected chi connectivity index (χ4v) is 4.38. The van der Waals surface area contributed by atoms with Crippen LogP contribution in [-0.2, 0) is 13.1 Å². The molecule has 4 rings (SSSR count). The third-order valence-corrected chi connectivity index (χ3v) is 6.41. The Morgan fingerprint density at radius 3 is 2.38 bits per heavy atom. The molecule has 168 valence electrons. The van der Waals surface area contributed by atoms with Gasteiger partial charge in [-0.05, 0) is 30.4 Å². The van der Waals surface area contributed by atoms with Crippen LogP contribution in [-0.4, -0.2) is 50.9 Å². The number of aromatic nitrogens is 2. The molecule has 1 saturated heterocycles. The first-order valence-electron chi connectivity index (χ1n) is 10.1. The number of benzene rings is 2. The van der Waals surface area contributed by atoms with E-state index in [0.717, 1.165) is 11.6 Å². The second-order valence-corrected chi connectivity index (χ2v) is 8.71. The summed E-state index contributed by atoms with van der Waals surface area (Å²) in [4.78, 5) is 4.12. The molecule has 1 aliphatic rings. The van der Waals surface area contributed by atoms with Gasteiger partial charge in [0.2, 0.25) is 0 Å². The highest BCUT2D eigenvalue weighted by atomic mass is 35.5. The summed E-state index contributed by atoms with van der Waals surface area (Å²) in [7, 11) is 0. The van der Waals surface area contributed by atoms with Crippen LogP contribution in [0.4, 0.5) is 14.6 Å². The number of halogens is 4. The summed E-state index contributed by atoms with van der Waals surface area (Å²) in [5.41, 5.74) is 1.17. The van der Waals surface area contributed by atoms with E-state index in [4.69, 9.17) is 35.4 Å². The van der Waals surface area contributed by atoms with Crippen molar-refractivity contribution < 1.29 is 8.78 Å². The molecular formula is C22H21Cl2F2N5S. The average molecular weight is 496 g/mol. The quantitative estimate of drug-likeness (QED) is 0.502. The Labute approximate surface area is 200 Å². The van der Waals surface area contributed by atoms with Crippen LogP contribution in [0.5, 0.6) is 0 Å². The van der Waals surface area contributed by atoms with E-state index in [9.17, 15) is 8.78 Å². The molecule has 0 radical (unpaired) electrons. The van der Waals surface area contributed by atoms with Crippen LogP contribution in [0.3, 0.4) is 0 Å². The van der Waals surface area contributed by atoms with E-state index in [1.54, 1.807) is 28.9 Å². The normalized spacial score (nSPS) is 14.6. The van der Waals surface area contributed by atoms with Gasteiger partial charge in [-0.1, -0.05) is 41.4 Å². The lowest BCUT2D eigenvalue weighted by Crippen LogP contribution is -2.49. The van der Waals surface area contributed by atoms with Crippen LogP contribution in [0.15, 0.2) is 48.7 Å². The van der Waals surface area contributed by atoms with Crippen molar-refractivity contribution in [1.29, 1.82) is 0 Å². The van der Waals surface area contributed by atoms with E-state index in [2.05, 4.69) is 15.3 Å². The molecule has 0 amide bonds. The fraction of sp³-hybridized carbons (Fsp3) is 0.273. The molecule has 10 heteroatoms. The van der Waals surface area contributed by atoms with Crippen LogP contribution in [0.2, 0.25) is 10.0 Å². The summed E-state index contributed by atoms with van der Waals surface area (Å²) in [6.07, 6.45) is 1.83. The Hall–Kier alpha value is -2.26. The number of piperazine rings is 1. The van der Waals surface area contributed by atoms with Crippen molar-refractivity contribution in [3.63, 3.8) is 0 Å². The zero-order valence-corrected chi connectivity index (χ0v) is 19.4. The van der Waals surface area contributed by atoms with Crippen molar-refractivity contribution in [2.24, 2.45) is 0 Å². The molecule has 32 heavy (non-hydrogen) atoms. The topological polar surface area (TPSA) is 36.3 Å². The van der Waals surface area contributed by atoms with Gasteiger partial charge >= 0.3 is 0 Å². The lowest BCUT2D eigenvalue weighted by molar-refractivity contribution is 0.175. The lowest BCUT2D eigenvalue weighted by Gasteiger charge is -2.36. The van der Waals surface area contributed by atoms with Gasteiger partial charge < -0.3 is 10.2 Å². The van der Waals surface area contributed by atoms with E-state index >= 15 is 0 Å². The van der Waals surface area contributed by atoms with E-state index in [1.165, 1.54) is 6.07 Å². The minimum absolute atomic E-state index is 0.364. The molecule has 0 spiro atoms. The van der Waals surface area contributed by atoms with Crippen molar-refractivity contribution >= 4 is 46.4 Å². The second kappa shape index (κ2) is 10.1. The molecule has 1 N–H and O–H groups in total. The molecule has 2 heterocycles. The zero-order valence-electron chi connectivity index (χ0n) is 17.1. The monoisotopic (exact) mass is 495 g/mol. The number of nitrogens with zero attached hydrogens (tertiary/aromatic N) is 4. The van der Waals surface area contributed by atoms with Crippen LogP contribution in [0.25, 0.3) is 0 Å². The first-order chi connectivity index (χ1) is 15.4. The maximum atomic E-state index is 13.9. The summed E-state index contributed by atoms with van der Waals surface area (Å²) in [5.74, 6) is -0.967. The third-order valence-electron chi connectivity index (χ3n) is 5.34. The van der Waals surface area contributed by atoms with Crippen LogP contribution in [0, 0.1) is 11.6 Å². The van der Waals surface area contributed by atoms with Gasteiger partial charge in [0.15, 0.2) is 22.6 Å². The molecule has 2 aromatic carbocycles. The Kier molecular flexibility index (Phi) is 7.25. The van der Waals surface area contributed by atoms with E-state index in [1.807, 2.05) is 17.2 Å². The first-order valence-corrected chi connectivity index (χ1v) is 11.2. The average Bonchev–Trinajstić information content (AvgIpc) is 3.21. The van der Waals surface area contributed by atoms with Crippen molar-refractivity contribution in [2.75, 3.05) is 31.5 Å². The van der Waals surface area contributed by atoms with E-state index in [-0.39, 0.29) is 0 Å². The molecule has 3 aromatic rings. The second-order valence-electron chi connectivity index (χ2n) is 7.51. The molecule has 0 unspecified atom stereocenters. The molecule has 1 fully saturated rings. The lowest BCUT2D eigenvalue weighted by atomic mass is 10.2. The molecule has 0 saturated carbocycles. The third kappa shape index (κ3) is 5.38. The van der Waals surface area contributed by atoms with Crippen molar-refractivity contribution in [2.45, 2.75) is 13.1 Å². The minimum Gasteiger partial charge on any atom is -0.346 e. The van der Waals surface area contributed by atoms with Gasteiger partial charge in [0, 0.05) is 66.2 Å². The number of hydrogen-bond acceptors (Lipinski definition) is 3. The summed E-state index contributed by atoms with van der Waals surface area (Å²) in [5, 5.41) is 9.41. The molecule has 0 atom stereocenters. The number of hydrogen-bond donors (Lipinski definition) is 1. The van der Waals surface area contributed by atoms with E-state index < -0.39 is 11.6 Å². The van der Waals surface area contributed by atoms with Crippen molar-refractivity contribution in [3.8, 4) is 0 Å². The highest BCUT2D eigenvalue weighted by molar-refractivity contribution is 7.80. The Morgan fingerprint density at radius 1 is 0.969 bits per heavy atom. The molecule has 1 aromatic heterocycles. The van der Waals surface area contributed by atoms with Gasteiger partial charge in [-0.3, -0.25) is 9.58 Å². The highest BCUT2D eigenvalue weighted by Gasteiger charge is 2.21. The number of thiocarbonyl (C=S) groups is 1. The summed E-state index contributed by atoms with van der Waals surface area (Å²) < 4.78 is 29.1. The smallest absolute Gasteiger partial charge is 0.174 e. The summed E-state index contributed by atoms with van der Waals surface area (Å²) in [6.45, 7) is 3.56. The van der Waals surface area contributed by atoms with Gasteiger partial charge in [0.25, 0.3) is 0 Å². The van der Waals surface area contributed by atoms with Crippen LogP contribution >= 0.6 is 35.4 Å². The van der Waals surface area contributed by atoms with Gasteiger partial charge in [0.1, 0.15) is 0 Å². The first kappa shape index (κ1) is 22.9. The highest BCUT2D eigenvalue weighted by Crippen LogP contribution is 2.25. The minimum atomic E-state index is -0.817. The molecule has 0 bridgehead atoms. The maximum absolute atomic E-state index is 13.9. The van der Waals surface area contributed by atoms with Crippen molar-refractivity contribution in [3.05, 3.63) is 81.5 Å². The molecule has 5 nitrogen and oxygen atoms in total. The van der Waals surface area contributed by atoms with Gasteiger partial charge in [-0.15, -0.1) is 0 Å². The zero-order chi connectivity index (χ0) is 22.7. The van der Waals surface area contributed by atoms with Crippen LogP contribution in [0.1, 0.15) is 11.1 Å². The Morgan fingerprint density at radius 2 is 1.66 bits per heavy atom. The largest absolute Gasteiger partial charge is 0.346 e. The Bertz CT molecular complexity index is 1100. The SMILES string of the molecule is Fc1cccc(CN2CCN(C(=S)Nc3ccn(Cc4c(Cl)cccc4Cl)n3)CC2)c1F.